The number of benzene rings is 1. The molecule has 5 nitrogen and oxygen atoms in total. The predicted molar refractivity (Wildman–Crippen MR) is 85.0 cm³/mol. The molecular formula is C15H21ClNO4S+. The van der Waals surface area contributed by atoms with Crippen LogP contribution in [-0.2, 0) is 20.4 Å². The number of amides is 1. The molecule has 0 radical (unpaired) electrons. The highest BCUT2D eigenvalue weighted by atomic mass is 35.7. The van der Waals surface area contributed by atoms with Gasteiger partial charge in [0.25, 0.3) is 0 Å². The first-order valence-electron chi connectivity index (χ1n) is 7.41. The van der Waals surface area contributed by atoms with Gasteiger partial charge in [-0.1, -0.05) is 30.3 Å². The maximum Gasteiger partial charge on any atom is 0.516 e. The van der Waals surface area contributed by atoms with Crippen molar-refractivity contribution in [2.24, 2.45) is 0 Å². The fraction of sp³-hybridized carbons (Fsp3) is 0.533. The van der Waals surface area contributed by atoms with Gasteiger partial charge < -0.3 is 4.74 Å². The molecule has 7 heteroatoms. The highest BCUT2D eigenvalue weighted by Gasteiger charge is 2.40. The molecule has 2 rings (SSSR count). The maximum atomic E-state index is 12.5. The van der Waals surface area contributed by atoms with Crippen molar-refractivity contribution < 1.29 is 22.4 Å². The highest BCUT2D eigenvalue weighted by molar-refractivity contribution is 8.13. The van der Waals surface area contributed by atoms with Crippen LogP contribution in [-0.4, -0.2) is 44.4 Å². The molecule has 1 heterocycles. The molecule has 0 aromatic heterocycles. The van der Waals surface area contributed by atoms with Crippen molar-refractivity contribution in [3.05, 3.63) is 35.9 Å². The first-order valence-corrected chi connectivity index (χ1v) is 9.89. The number of quaternary nitrogens is 1. The molecule has 0 bridgehead atoms. The van der Waals surface area contributed by atoms with Crippen molar-refractivity contribution in [2.45, 2.75) is 25.9 Å². The Morgan fingerprint density at radius 2 is 1.77 bits per heavy atom. The standard InChI is InChI=1S/C15H21ClNO4S/c16-22(19,20)12-11-17(9-5-2-6-10-17)15(18)21-13-14-7-3-1-4-8-14/h1,3-4,7-8H,2,5-6,9-13H2/q+1. The van der Waals surface area contributed by atoms with Gasteiger partial charge >= 0.3 is 6.09 Å². The van der Waals surface area contributed by atoms with Crippen LogP contribution in [0.4, 0.5) is 4.79 Å². The molecule has 1 fully saturated rings. The smallest absolute Gasteiger partial charge is 0.415 e. The third-order valence-corrected chi connectivity index (χ3v) is 5.16. The normalized spacial score (nSPS) is 17.9. The summed E-state index contributed by atoms with van der Waals surface area (Å²) in [5, 5.41) is 0. The molecule has 1 aliphatic rings. The Bertz CT molecular complexity index is 597. The lowest BCUT2D eigenvalue weighted by atomic mass is 10.1. The van der Waals surface area contributed by atoms with E-state index in [4.69, 9.17) is 15.4 Å². The minimum absolute atomic E-state index is 0.0543. The zero-order valence-electron chi connectivity index (χ0n) is 12.4. The van der Waals surface area contributed by atoms with E-state index in [1.54, 1.807) is 0 Å². The second-order valence-electron chi connectivity index (χ2n) is 5.66. The first-order chi connectivity index (χ1) is 10.4. The summed E-state index contributed by atoms with van der Waals surface area (Å²) in [4.78, 5) is 12.5. The van der Waals surface area contributed by atoms with Crippen LogP contribution in [0.2, 0.25) is 0 Å². The minimum atomic E-state index is -3.61. The third-order valence-electron chi connectivity index (χ3n) is 4.03. The number of rotatable bonds is 5. The van der Waals surface area contributed by atoms with E-state index in [-0.39, 0.29) is 29.5 Å². The van der Waals surface area contributed by atoms with Crippen LogP contribution in [0.5, 0.6) is 0 Å². The summed E-state index contributed by atoms with van der Waals surface area (Å²) in [7, 11) is 1.69. The number of piperidine rings is 1. The van der Waals surface area contributed by atoms with Gasteiger partial charge in [-0.25, -0.2) is 12.9 Å². The first kappa shape index (κ1) is 17.2. The number of halogens is 1. The molecule has 0 atom stereocenters. The van der Waals surface area contributed by atoms with Crippen molar-refractivity contribution in [2.75, 3.05) is 25.4 Å². The van der Waals surface area contributed by atoms with Crippen molar-refractivity contribution >= 4 is 25.8 Å². The van der Waals surface area contributed by atoms with E-state index in [1.165, 1.54) is 0 Å². The van der Waals surface area contributed by atoms with Gasteiger partial charge in [0.15, 0.2) is 0 Å². The monoisotopic (exact) mass is 346 g/mol. The Labute approximate surface area is 135 Å². The van der Waals surface area contributed by atoms with Crippen LogP contribution < -0.4 is 0 Å². The molecule has 0 unspecified atom stereocenters. The minimum Gasteiger partial charge on any atom is -0.415 e. The maximum absolute atomic E-state index is 12.5. The third kappa shape index (κ3) is 4.97. The SMILES string of the molecule is O=C(OCc1ccccc1)[N+]1(CCS(=O)(=O)Cl)CCCCC1. The van der Waals surface area contributed by atoms with Crippen LogP contribution in [0.15, 0.2) is 30.3 Å². The van der Waals surface area contributed by atoms with Gasteiger partial charge in [-0.15, -0.1) is 0 Å². The number of hydrogen-bond donors (Lipinski definition) is 0. The molecule has 1 aliphatic heterocycles. The summed E-state index contributed by atoms with van der Waals surface area (Å²) >= 11 is 0. The van der Waals surface area contributed by atoms with Gasteiger partial charge in [-0.05, 0) is 24.8 Å². The molecule has 0 saturated carbocycles. The molecular weight excluding hydrogens is 326 g/mol. The fourth-order valence-corrected chi connectivity index (χ4v) is 3.53. The average molecular weight is 347 g/mol. The molecule has 0 spiro atoms. The Hall–Kier alpha value is -1.11. The van der Waals surface area contributed by atoms with Crippen molar-refractivity contribution in [1.82, 2.24) is 0 Å². The van der Waals surface area contributed by atoms with Crippen LogP contribution in [0.3, 0.4) is 0 Å². The van der Waals surface area contributed by atoms with Crippen molar-refractivity contribution in [3.8, 4) is 0 Å². The lowest BCUT2D eigenvalue weighted by Gasteiger charge is -2.36. The van der Waals surface area contributed by atoms with Crippen LogP contribution in [0, 0.1) is 0 Å². The van der Waals surface area contributed by atoms with E-state index in [2.05, 4.69) is 0 Å². The Morgan fingerprint density at radius 3 is 2.36 bits per heavy atom. The second kappa shape index (κ2) is 7.44. The number of nitrogens with zero attached hydrogens (tertiary/aromatic N) is 1. The summed E-state index contributed by atoms with van der Waals surface area (Å²) in [5.74, 6) is -0.213. The summed E-state index contributed by atoms with van der Waals surface area (Å²) in [6.45, 7) is 1.60. The van der Waals surface area contributed by atoms with E-state index in [0.29, 0.717) is 13.1 Å². The molecule has 22 heavy (non-hydrogen) atoms. The number of hydrogen-bond acceptors (Lipinski definition) is 4. The van der Waals surface area contributed by atoms with Gasteiger partial charge in [0.2, 0.25) is 9.05 Å². The second-order valence-corrected chi connectivity index (χ2v) is 8.56. The van der Waals surface area contributed by atoms with E-state index in [1.807, 2.05) is 30.3 Å². The van der Waals surface area contributed by atoms with E-state index in [9.17, 15) is 13.2 Å². The lowest BCUT2D eigenvalue weighted by Crippen LogP contribution is -2.57. The van der Waals surface area contributed by atoms with Crippen molar-refractivity contribution in [3.63, 3.8) is 0 Å². The average Bonchev–Trinajstić information content (AvgIpc) is 2.52. The van der Waals surface area contributed by atoms with Crippen molar-refractivity contribution in [1.29, 1.82) is 0 Å². The Morgan fingerprint density at radius 1 is 1.14 bits per heavy atom. The molecule has 0 N–H and O–H groups in total. The quantitative estimate of drug-likeness (QED) is 0.607. The molecule has 0 aliphatic carbocycles. The summed E-state index contributed by atoms with van der Waals surface area (Å²) in [6, 6.07) is 9.44. The van der Waals surface area contributed by atoms with E-state index in [0.717, 1.165) is 24.8 Å². The van der Waals surface area contributed by atoms with Gasteiger partial charge in [0.05, 0.1) is 13.1 Å². The number of likely N-dealkylation sites (tertiary alicyclic amines) is 1. The van der Waals surface area contributed by atoms with Crippen LogP contribution in [0.25, 0.3) is 0 Å². The largest absolute Gasteiger partial charge is 0.516 e. The Kier molecular flexibility index (Phi) is 5.83. The zero-order valence-corrected chi connectivity index (χ0v) is 14.0. The molecule has 1 amide bonds. The highest BCUT2D eigenvalue weighted by Crippen LogP contribution is 2.22. The van der Waals surface area contributed by atoms with Gasteiger partial charge in [-0.2, -0.15) is 4.79 Å². The fourth-order valence-electron chi connectivity index (χ4n) is 2.76. The summed E-state index contributed by atoms with van der Waals surface area (Å²) in [5.41, 5.74) is 0.913. The number of carbonyl (C=O) groups excluding carboxylic acids is 1. The van der Waals surface area contributed by atoms with E-state index < -0.39 is 9.05 Å². The van der Waals surface area contributed by atoms with Gasteiger partial charge in [-0.3, -0.25) is 0 Å². The zero-order chi connectivity index (χ0) is 16.1. The topological polar surface area (TPSA) is 60.4 Å². The van der Waals surface area contributed by atoms with E-state index >= 15 is 0 Å². The summed E-state index contributed by atoms with van der Waals surface area (Å²) in [6.07, 6.45) is 2.48. The van der Waals surface area contributed by atoms with Gasteiger partial charge in [0, 0.05) is 10.7 Å². The molecule has 122 valence electrons. The van der Waals surface area contributed by atoms with Crippen LogP contribution in [0.1, 0.15) is 24.8 Å². The number of carbonyl (C=O) groups is 1. The van der Waals surface area contributed by atoms with Gasteiger partial charge in [0.1, 0.15) is 18.9 Å². The lowest BCUT2D eigenvalue weighted by molar-refractivity contribution is -0.860. The molecule has 1 aromatic rings. The molecule has 1 aromatic carbocycles. The Balaban J connectivity index is 2.02. The number of ether oxygens (including phenoxy) is 1. The molecule has 1 saturated heterocycles. The van der Waals surface area contributed by atoms with Crippen LogP contribution >= 0.6 is 10.7 Å². The summed E-state index contributed by atoms with van der Waals surface area (Å²) < 4.78 is 27.9. The predicted octanol–water partition coefficient (Wildman–Crippen LogP) is 2.89.